The Labute approximate surface area is 369 Å². The van der Waals surface area contributed by atoms with Gasteiger partial charge in [0.05, 0.1) is 5.56 Å². The number of aromatic nitrogens is 1. The molecule has 5 aromatic rings. The van der Waals surface area contributed by atoms with E-state index in [1.165, 1.54) is 23.0 Å². The second-order valence-electron chi connectivity index (χ2n) is 18.9. The normalized spacial score (nSPS) is 13.0. The van der Waals surface area contributed by atoms with Crippen molar-refractivity contribution >= 4 is 38.0 Å². The average molecular weight is 1010 g/mol. The van der Waals surface area contributed by atoms with Gasteiger partial charge < -0.3 is 5.11 Å². The van der Waals surface area contributed by atoms with E-state index in [9.17, 15) is 23.1 Å². The Kier molecular flexibility index (Phi) is 15.9. The third-order valence-electron chi connectivity index (χ3n) is 12.3. The number of alkyl halides is 3. The van der Waals surface area contributed by atoms with E-state index in [1.54, 1.807) is 0 Å². The van der Waals surface area contributed by atoms with Gasteiger partial charge >= 0.3 is 6.18 Å². The first-order valence-electron chi connectivity index (χ1n) is 20.8. The van der Waals surface area contributed by atoms with E-state index in [0.717, 1.165) is 76.2 Å². The third-order valence-corrected chi connectivity index (χ3v) is 13.6. The van der Waals surface area contributed by atoms with Gasteiger partial charge in [0.25, 0.3) is 0 Å². The molecule has 5 rings (SSSR count). The molecular formula is C51H65F3IrNO2S-. The number of hydrogen-bond acceptors (Lipinski definition) is 4. The molecule has 0 aliphatic carbocycles. The van der Waals surface area contributed by atoms with Gasteiger partial charge in [-0.25, -0.2) is 0 Å². The van der Waals surface area contributed by atoms with Crippen LogP contribution in [0.1, 0.15) is 142 Å². The second-order valence-corrected chi connectivity index (χ2v) is 20.0. The number of carbonyl (C=O) groups is 1. The zero-order valence-electron chi connectivity index (χ0n) is 37.9. The van der Waals surface area contributed by atoms with Crippen molar-refractivity contribution in [3.63, 3.8) is 0 Å². The number of carbonyl (C=O) groups excluding carboxylic acids is 1. The van der Waals surface area contributed by atoms with Crippen molar-refractivity contribution in [1.82, 2.24) is 4.98 Å². The molecular weight excluding hydrogens is 940 g/mol. The molecule has 1 N–H and O–H groups in total. The van der Waals surface area contributed by atoms with E-state index in [1.807, 2.05) is 66.7 Å². The summed E-state index contributed by atoms with van der Waals surface area (Å²) in [5.74, 6) is 0.286. The fourth-order valence-electron chi connectivity index (χ4n) is 7.69. The quantitative estimate of drug-likeness (QED) is 0.0862. The van der Waals surface area contributed by atoms with Crippen molar-refractivity contribution in [3.8, 4) is 21.7 Å². The van der Waals surface area contributed by atoms with Crippen LogP contribution in [0.2, 0.25) is 0 Å². The number of aliphatic hydroxyl groups is 1. The summed E-state index contributed by atoms with van der Waals surface area (Å²) in [6, 6.07) is 18.0. The Morgan fingerprint density at radius 3 is 1.85 bits per heavy atom. The number of aliphatic hydroxyl groups excluding tert-OH is 1. The van der Waals surface area contributed by atoms with Crippen LogP contribution < -0.4 is 0 Å². The largest absolute Gasteiger partial charge is 0.512 e. The number of benzene rings is 3. The van der Waals surface area contributed by atoms with Crippen molar-refractivity contribution in [2.24, 2.45) is 16.2 Å². The number of ketones is 1. The van der Waals surface area contributed by atoms with Crippen molar-refractivity contribution in [1.29, 1.82) is 0 Å². The maximum Gasteiger partial charge on any atom is 0.418 e. The van der Waals surface area contributed by atoms with E-state index < -0.39 is 11.7 Å². The number of halogens is 3. The van der Waals surface area contributed by atoms with E-state index in [-0.39, 0.29) is 58.7 Å². The van der Waals surface area contributed by atoms with E-state index in [4.69, 9.17) is 0 Å². The minimum absolute atomic E-state index is 0. The molecule has 0 aliphatic rings. The summed E-state index contributed by atoms with van der Waals surface area (Å²) in [6.45, 7) is 31.1. The van der Waals surface area contributed by atoms with Crippen LogP contribution in [0.25, 0.3) is 42.6 Å². The summed E-state index contributed by atoms with van der Waals surface area (Å²) < 4.78 is 43.7. The number of aryl methyl sites for hydroxylation is 3. The molecule has 323 valence electrons. The molecule has 0 spiro atoms. The Hall–Kier alpha value is -3.32. The van der Waals surface area contributed by atoms with Crippen molar-refractivity contribution in [2.45, 2.75) is 148 Å². The summed E-state index contributed by atoms with van der Waals surface area (Å²) in [6.07, 6.45) is 2.18. The molecule has 0 saturated heterocycles. The first kappa shape index (κ1) is 50.0. The first-order chi connectivity index (χ1) is 26.7. The van der Waals surface area contributed by atoms with Gasteiger partial charge in [0.1, 0.15) is 5.76 Å². The molecule has 2 aromatic heterocycles. The van der Waals surface area contributed by atoms with E-state index >= 15 is 0 Å². The van der Waals surface area contributed by atoms with Gasteiger partial charge in [0, 0.05) is 63.9 Å². The number of nitrogens with zero attached hydrogens (tertiary/aromatic N) is 1. The van der Waals surface area contributed by atoms with Crippen molar-refractivity contribution < 1.29 is 43.2 Å². The smallest absolute Gasteiger partial charge is 0.418 e. The number of fused-ring (bicyclic) bond motifs is 2. The Morgan fingerprint density at radius 2 is 1.36 bits per heavy atom. The third kappa shape index (κ3) is 11.0. The monoisotopic (exact) mass is 1010 g/mol. The number of rotatable bonds is 10. The molecule has 2 heterocycles. The predicted molar refractivity (Wildman–Crippen MR) is 241 cm³/mol. The molecule has 3 nitrogen and oxygen atoms in total. The summed E-state index contributed by atoms with van der Waals surface area (Å²) in [4.78, 5) is 17.5. The van der Waals surface area contributed by atoms with Crippen LogP contribution >= 0.6 is 11.3 Å². The Morgan fingerprint density at radius 1 is 0.814 bits per heavy atom. The van der Waals surface area contributed by atoms with Gasteiger partial charge in [0.15, 0.2) is 5.78 Å². The molecule has 59 heavy (non-hydrogen) atoms. The number of thiophene rings is 1. The maximum atomic E-state index is 14.4. The number of allylic oxidation sites excluding steroid dienone is 2. The van der Waals surface area contributed by atoms with Crippen LogP contribution in [0.15, 0.2) is 60.5 Å². The van der Waals surface area contributed by atoms with Gasteiger partial charge in [-0.3, -0.25) is 9.78 Å². The number of hydrogen-bond donors (Lipinski definition) is 1. The standard InChI is InChI=1S/C36H37F3NS.C15H28O2.Ir/c1-20-14-23(18-34(4,5)6)15-21(2)29(20)32-22(3)30-28(36(37,38)39)19-40-31(33(30)41-32)25-16-24-12-10-11-13-26(24)27(17-25)35(7,8)9;1-7-14(5,8-2)12(16)11-13(17)15(6,9-3)10-4;/h10-15,17,19H,18H2,1-9H3;11,16H,7-10H2,1-6H3;/q-1;;/b;12-11-;. The van der Waals surface area contributed by atoms with Crippen LogP contribution in [0, 0.1) is 43.1 Å². The minimum Gasteiger partial charge on any atom is -0.512 e. The van der Waals surface area contributed by atoms with Crippen LogP contribution in [-0.4, -0.2) is 15.9 Å². The van der Waals surface area contributed by atoms with Crippen LogP contribution in [0.5, 0.6) is 0 Å². The van der Waals surface area contributed by atoms with Gasteiger partial charge in [-0.2, -0.15) is 13.2 Å². The van der Waals surface area contributed by atoms with Crippen LogP contribution in [-0.2, 0) is 42.9 Å². The summed E-state index contributed by atoms with van der Waals surface area (Å²) >= 11 is 1.41. The summed E-state index contributed by atoms with van der Waals surface area (Å²) in [5, 5.41) is 12.4. The molecule has 3 aromatic carbocycles. The topological polar surface area (TPSA) is 50.2 Å². The van der Waals surface area contributed by atoms with Crippen molar-refractivity contribution in [2.75, 3.05) is 0 Å². The summed E-state index contributed by atoms with van der Waals surface area (Å²) in [7, 11) is 0. The molecule has 0 atom stereocenters. The zero-order valence-corrected chi connectivity index (χ0v) is 41.1. The van der Waals surface area contributed by atoms with Gasteiger partial charge in [-0.05, 0) is 91.5 Å². The molecule has 0 amide bonds. The van der Waals surface area contributed by atoms with Gasteiger partial charge in [-0.15, -0.1) is 40.5 Å². The van der Waals surface area contributed by atoms with Crippen LogP contribution in [0.3, 0.4) is 0 Å². The second kappa shape index (κ2) is 18.7. The SMILES string of the molecule is CCC(C)(CC)C(=O)/C=C(\O)C(C)(CC)CC.Cc1cc(CC(C)(C)C)cc(C)c1-c1sc2c(-c3[c-]c4ccccc4c(C(C)(C)C)c3)ncc(C(F)(F)F)c2c1C.[Ir]. The molecule has 0 aliphatic heterocycles. The number of pyridine rings is 1. The fourth-order valence-corrected chi connectivity index (χ4v) is 9.20. The zero-order chi connectivity index (χ0) is 43.8. The van der Waals surface area contributed by atoms with Crippen molar-refractivity contribution in [3.05, 3.63) is 99.9 Å². The maximum absolute atomic E-state index is 14.4. The van der Waals surface area contributed by atoms with Gasteiger partial charge in [-0.1, -0.05) is 124 Å². The fraction of sp³-hybridized carbons (Fsp3) is 0.490. The van der Waals surface area contributed by atoms with Crippen LogP contribution in [0.4, 0.5) is 13.2 Å². The van der Waals surface area contributed by atoms with E-state index in [2.05, 4.69) is 90.7 Å². The van der Waals surface area contributed by atoms with E-state index in [0.29, 0.717) is 21.5 Å². The molecule has 0 fully saturated rings. The van der Waals surface area contributed by atoms with Gasteiger partial charge in [0.2, 0.25) is 0 Å². The molecule has 0 unspecified atom stereocenters. The molecule has 8 heteroatoms. The Bertz CT molecular complexity index is 2290. The molecule has 1 radical (unpaired) electrons. The predicted octanol–water partition coefficient (Wildman–Crippen LogP) is 16.1. The first-order valence-corrected chi connectivity index (χ1v) is 21.6. The average Bonchev–Trinajstić information content (AvgIpc) is 3.47. The minimum atomic E-state index is -4.52. The summed E-state index contributed by atoms with van der Waals surface area (Å²) in [5.41, 5.74) is 6.11. The molecule has 0 saturated carbocycles. The Balaban J connectivity index is 0.000000439. The molecule has 0 bridgehead atoms.